The lowest BCUT2D eigenvalue weighted by atomic mass is 10.1. The molecule has 5 heteroatoms. The Bertz CT molecular complexity index is 562. The minimum atomic E-state index is -0.364. The van der Waals surface area contributed by atoms with Gasteiger partial charge in [0.2, 0.25) is 0 Å². The molecular weight excluding hydrogens is 258 g/mol. The number of aromatic amines is 1. The zero-order valence-electron chi connectivity index (χ0n) is 8.12. The highest BCUT2D eigenvalue weighted by molar-refractivity contribution is 9.10. The standard InChI is InChI=1S/C10H10BrN3O/c1-5(12)9-7-4-6(11)2-3-8(7)13-10(15)14-9/h2-5H,12H2,1H3,(H,13,14,15). The van der Waals surface area contributed by atoms with E-state index in [1.165, 1.54) is 0 Å². The molecule has 1 atom stereocenters. The number of nitrogens with two attached hydrogens (primary N) is 1. The van der Waals surface area contributed by atoms with Crippen molar-refractivity contribution < 1.29 is 0 Å². The number of rotatable bonds is 1. The third-order valence-corrected chi connectivity index (χ3v) is 2.66. The number of benzene rings is 1. The highest BCUT2D eigenvalue weighted by atomic mass is 79.9. The van der Waals surface area contributed by atoms with Gasteiger partial charge in [0.05, 0.1) is 5.52 Å². The fourth-order valence-corrected chi connectivity index (χ4v) is 1.86. The Morgan fingerprint density at radius 1 is 1.53 bits per heavy atom. The molecule has 1 aromatic carbocycles. The number of nitrogens with zero attached hydrogens (tertiary/aromatic N) is 1. The smallest absolute Gasteiger partial charge is 0.323 e. The van der Waals surface area contributed by atoms with Crippen LogP contribution >= 0.6 is 15.9 Å². The van der Waals surface area contributed by atoms with Gasteiger partial charge in [0.15, 0.2) is 0 Å². The van der Waals surface area contributed by atoms with Gasteiger partial charge >= 0.3 is 5.69 Å². The van der Waals surface area contributed by atoms with E-state index in [-0.39, 0.29) is 11.7 Å². The van der Waals surface area contributed by atoms with Gasteiger partial charge in [0.1, 0.15) is 0 Å². The number of aromatic nitrogens is 2. The van der Waals surface area contributed by atoms with Gasteiger partial charge in [-0.3, -0.25) is 0 Å². The van der Waals surface area contributed by atoms with Crippen LogP contribution in [0.15, 0.2) is 27.5 Å². The van der Waals surface area contributed by atoms with Gasteiger partial charge in [-0.1, -0.05) is 15.9 Å². The molecule has 0 saturated heterocycles. The Balaban J connectivity index is 2.88. The Hall–Kier alpha value is -1.20. The van der Waals surface area contributed by atoms with E-state index >= 15 is 0 Å². The molecule has 78 valence electrons. The van der Waals surface area contributed by atoms with Crippen LogP contribution in [0.5, 0.6) is 0 Å². The number of fused-ring (bicyclic) bond motifs is 1. The Labute approximate surface area is 94.7 Å². The first-order chi connectivity index (χ1) is 7.08. The zero-order chi connectivity index (χ0) is 11.0. The maximum absolute atomic E-state index is 11.3. The van der Waals surface area contributed by atoms with Crippen LogP contribution < -0.4 is 11.4 Å². The van der Waals surface area contributed by atoms with E-state index in [2.05, 4.69) is 25.9 Å². The summed E-state index contributed by atoms with van der Waals surface area (Å²) in [5.74, 6) is 0. The third-order valence-electron chi connectivity index (χ3n) is 2.17. The molecule has 0 bridgehead atoms. The predicted molar refractivity (Wildman–Crippen MR) is 62.7 cm³/mol. The van der Waals surface area contributed by atoms with Crippen LogP contribution in [-0.4, -0.2) is 9.97 Å². The van der Waals surface area contributed by atoms with Crippen LogP contribution in [0.4, 0.5) is 0 Å². The fourth-order valence-electron chi connectivity index (χ4n) is 1.50. The SMILES string of the molecule is CC(N)c1[nH]c(=O)nc2ccc(Br)cc12. The second-order valence-corrected chi connectivity index (χ2v) is 4.32. The Morgan fingerprint density at radius 3 is 2.93 bits per heavy atom. The van der Waals surface area contributed by atoms with Crippen LogP contribution in [0.3, 0.4) is 0 Å². The van der Waals surface area contributed by atoms with Crippen LogP contribution in [0, 0.1) is 0 Å². The summed E-state index contributed by atoms with van der Waals surface area (Å²) in [5, 5.41) is 0.874. The predicted octanol–water partition coefficient (Wildman–Crippen LogP) is 1.71. The molecule has 0 saturated carbocycles. The molecule has 0 aliphatic rings. The summed E-state index contributed by atoms with van der Waals surface area (Å²) in [7, 11) is 0. The molecule has 0 fully saturated rings. The molecule has 1 heterocycles. The quantitative estimate of drug-likeness (QED) is 0.826. The number of nitrogens with one attached hydrogen (secondary N) is 1. The van der Waals surface area contributed by atoms with E-state index < -0.39 is 0 Å². The maximum atomic E-state index is 11.3. The minimum absolute atomic E-state index is 0.225. The van der Waals surface area contributed by atoms with E-state index in [0.717, 1.165) is 9.86 Å². The van der Waals surface area contributed by atoms with Crippen LogP contribution in [0.25, 0.3) is 10.9 Å². The molecule has 2 rings (SSSR count). The van der Waals surface area contributed by atoms with Crippen molar-refractivity contribution in [3.8, 4) is 0 Å². The Kier molecular flexibility index (Phi) is 2.58. The van der Waals surface area contributed by atoms with Gasteiger partial charge in [-0.25, -0.2) is 4.79 Å². The fraction of sp³-hybridized carbons (Fsp3) is 0.200. The number of hydrogen-bond donors (Lipinski definition) is 2. The number of H-pyrrole nitrogens is 1. The highest BCUT2D eigenvalue weighted by Gasteiger charge is 2.08. The van der Waals surface area contributed by atoms with Crippen molar-refractivity contribution in [1.82, 2.24) is 9.97 Å². The average Bonchev–Trinajstić information content (AvgIpc) is 2.17. The molecule has 3 N–H and O–H groups in total. The summed E-state index contributed by atoms with van der Waals surface area (Å²) in [5.41, 5.74) is 6.80. The van der Waals surface area contributed by atoms with Crippen molar-refractivity contribution in [1.29, 1.82) is 0 Å². The van der Waals surface area contributed by atoms with Gasteiger partial charge in [0, 0.05) is 21.6 Å². The van der Waals surface area contributed by atoms with Gasteiger partial charge in [-0.2, -0.15) is 4.98 Å². The molecule has 15 heavy (non-hydrogen) atoms. The minimum Gasteiger partial charge on any atom is -0.323 e. The molecule has 0 spiro atoms. The number of hydrogen-bond acceptors (Lipinski definition) is 3. The van der Waals surface area contributed by atoms with Crippen LogP contribution in [0.1, 0.15) is 18.7 Å². The summed E-state index contributed by atoms with van der Waals surface area (Å²) in [6.45, 7) is 1.83. The largest absolute Gasteiger partial charge is 0.345 e. The summed E-state index contributed by atoms with van der Waals surface area (Å²) in [6, 6.07) is 5.31. The first kappa shape index (κ1) is 10.3. The number of halogens is 1. The second-order valence-electron chi connectivity index (χ2n) is 3.41. The van der Waals surface area contributed by atoms with Crippen molar-refractivity contribution in [2.75, 3.05) is 0 Å². The average molecular weight is 268 g/mol. The van der Waals surface area contributed by atoms with E-state index in [9.17, 15) is 4.79 Å². The van der Waals surface area contributed by atoms with E-state index in [0.29, 0.717) is 11.2 Å². The monoisotopic (exact) mass is 267 g/mol. The van der Waals surface area contributed by atoms with Gasteiger partial charge in [-0.05, 0) is 25.1 Å². The normalized spacial score (nSPS) is 13.0. The topological polar surface area (TPSA) is 71.8 Å². The lowest BCUT2D eigenvalue weighted by Gasteiger charge is -2.08. The maximum Gasteiger partial charge on any atom is 0.345 e. The molecule has 2 aromatic rings. The lowest BCUT2D eigenvalue weighted by Crippen LogP contribution is -2.18. The summed E-state index contributed by atoms with van der Waals surface area (Å²) < 4.78 is 0.936. The second kappa shape index (κ2) is 3.75. The van der Waals surface area contributed by atoms with Crippen LogP contribution in [-0.2, 0) is 0 Å². The summed E-state index contributed by atoms with van der Waals surface area (Å²) in [6.07, 6.45) is 0. The molecule has 1 unspecified atom stereocenters. The summed E-state index contributed by atoms with van der Waals surface area (Å²) >= 11 is 3.37. The van der Waals surface area contributed by atoms with Gasteiger partial charge in [-0.15, -0.1) is 0 Å². The molecule has 1 aromatic heterocycles. The van der Waals surface area contributed by atoms with Gasteiger partial charge < -0.3 is 10.7 Å². The third kappa shape index (κ3) is 1.93. The van der Waals surface area contributed by atoms with Crippen molar-refractivity contribution >= 4 is 26.8 Å². The first-order valence-corrected chi connectivity index (χ1v) is 5.32. The van der Waals surface area contributed by atoms with E-state index in [1.807, 2.05) is 19.1 Å². The first-order valence-electron chi connectivity index (χ1n) is 4.53. The van der Waals surface area contributed by atoms with E-state index in [4.69, 9.17) is 5.73 Å². The molecule has 4 nitrogen and oxygen atoms in total. The zero-order valence-corrected chi connectivity index (χ0v) is 9.71. The van der Waals surface area contributed by atoms with E-state index in [1.54, 1.807) is 6.07 Å². The highest BCUT2D eigenvalue weighted by Crippen LogP contribution is 2.21. The van der Waals surface area contributed by atoms with Crippen molar-refractivity contribution in [2.45, 2.75) is 13.0 Å². The lowest BCUT2D eigenvalue weighted by molar-refractivity contribution is 0.779. The molecule has 0 amide bonds. The molecule has 0 aliphatic heterocycles. The van der Waals surface area contributed by atoms with Crippen molar-refractivity contribution in [2.24, 2.45) is 5.73 Å². The van der Waals surface area contributed by atoms with Crippen LogP contribution in [0.2, 0.25) is 0 Å². The molecular formula is C10H10BrN3O. The van der Waals surface area contributed by atoms with Crippen molar-refractivity contribution in [3.05, 3.63) is 38.9 Å². The molecule has 0 aliphatic carbocycles. The molecule has 0 radical (unpaired) electrons. The Morgan fingerprint density at radius 2 is 2.27 bits per heavy atom. The van der Waals surface area contributed by atoms with Gasteiger partial charge in [0.25, 0.3) is 0 Å². The van der Waals surface area contributed by atoms with Crippen molar-refractivity contribution in [3.63, 3.8) is 0 Å². The summed E-state index contributed by atoms with van der Waals surface area (Å²) in [4.78, 5) is 17.8.